The molecule has 106 valence electrons. The van der Waals surface area contributed by atoms with Gasteiger partial charge in [-0.25, -0.2) is 13.8 Å². The van der Waals surface area contributed by atoms with Gasteiger partial charge in [0.25, 0.3) is 0 Å². The van der Waals surface area contributed by atoms with Gasteiger partial charge in [-0.15, -0.1) is 0 Å². The molecule has 0 amide bonds. The molecule has 0 radical (unpaired) electrons. The first kappa shape index (κ1) is 13.7. The summed E-state index contributed by atoms with van der Waals surface area (Å²) in [6.07, 6.45) is 4.79. The van der Waals surface area contributed by atoms with E-state index >= 15 is 0 Å². The first-order valence-electron chi connectivity index (χ1n) is 6.59. The molecule has 1 aliphatic carbocycles. The Balaban J connectivity index is 2.43. The second-order valence-electron chi connectivity index (χ2n) is 4.99. The summed E-state index contributed by atoms with van der Waals surface area (Å²) in [6, 6.07) is 0.850. The van der Waals surface area contributed by atoms with Crippen LogP contribution in [0.3, 0.4) is 0 Å². The minimum Gasteiger partial charge on any atom is -0.323 e. The molecule has 20 heavy (non-hydrogen) atoms. The highest BCUT2D eigenvalue weighted by Gasteiger charge is 2.22. The van der Waals surface area contributed by atoms with Crippen LogP contribution < -0.4 is 11.3 Å². The predicted molar refractivity (Wildman–Crippen MR) is 78.4 cm³/mol. The fourth-order valence-electron chi connectivity index (χ4n) is 2.83. The lowest BCUT2D eigenvalue weighted by atomic mass is 10.0. The number of nitrogen functional groups attached to an aromatic ring is 1. The minimum absolute atomic E-state index is 0.159. The molecule has 0 unspecified atom stereocenters. The number of halogens is 3. The molecule has 0 bridgehead atoms. The third-order valence-electron chi connectivity index (χ3n) is 3.78. The van der Waals surface area contributed by atoms with Crippen LogP contribution in [-0.4, -0.2) is 4.98 Å². The molecule has 1 aromatic heterocycles. The summed E-state index contributed by atoms with van der Waals surface area (Å²) in [5.74, 6) is 4.30. The molecule has 0 atom stereocenters. The molecule has 0 saturated carbocycles. The maximum atomic E-state index is 14.0. The number of hydrogen-bond donors (Lipinski definition) is 2. The van der Waals surface area contributed by atoms with Gasteiger partial charge in [-0.05, 0) is 47.2 Å². The van der Waals surface area contributed by atoms with Gasteiger partial charge in [0, 0.05) is 17.1 Å². The molecular formula is C14H14BrF2N3. The zero-order valence-electron chi connectivity index (χ0n) is 10.8. The summed E-state index contributed by atoms with van der Waals surface area (Å²) < 4.78 is 28.0. The van der Waals surface area contributed by atoms with Crippen molar-refractivity contribution < 1.29 is 8.78 Å². The number of aromatic nitrogens is 1. The molecule has 0 saturated heterocycles. The highest BCUT2D eigenvalue weighted by molar-refractivity contribution is 9.10. The zero-order chi connectivity index (χ0) is 14.3. The van der Waals surface area contributed by atoms with Crippen LogP contribution in [0.1, 0.15) is 30.5 Å². The Bertz CT molecular complexity index is 688. The summed E-state index contributed by atoms with van der Waals surface area (Å²) in [6.45, 7) is 0. The fraction of sp³-hybridized carbons (Fsp3) is 0.357. The standard InChI is InChI=1S/C14H14BrF2N3/c15-12-8(16)6-9(17)14-11(12)13(20-18)7-4-2-1-3-5-10(7)19-14/h6H,1-5,18H2,(H,19,20). The smallest absolute Gasteiger partial charge is 0.152 e. The van der Waals surface area contributed by atoms with Crippen molar-refractivity contribution in [3.8, 4) is 0 Å². The first-order chi connectivity index (χ1) is 9.63. The maximum Gasteiger partial charge on any atom is 0.152 e. The lowest BCUT2D eigenvalue weighted by molar-refractivity contribution is 0.586. The lowest BCUT2D eigenvalue weighted by Gasteiger charge is -2.16. The molecule has 0 spiro atoms. The first-order valence-corrected chi connectivity index (χ1v) is 7.38. The van der Waals surface area contributed by atoms with Gasteiger partial charge in [-0.2, -0.15) is 0 Å². The van der Waals surface area contributed by atoms with E-state index in [4.69, 9.17) is 5.84 Å². The highest BCUT2D eigenvalue weighted by atomic mass is 79.9. The molecule has 3 rings (SSSR count). The Morgan fingerprint density at radius 2 is 1.90 bits per heavy atom. The van der Waals surface area contributed by atoms with Crippen molar-refractivity contribution in [3.63, 3.8) is 0 Å². The zero-order valence-corrected chi connectivity index (χ0v) is 12.4. The van der Waals surface area contributed by atoms with Crippen molar-refractivity contribution in [1.82, 2.24) is 4.98 Å². The molecule has 0 aliphatic heterocycles. The van der Waals surface area contributed by atoms with E-state index in [1.807, 2.05) is 0 Å². The van der Waals surface area contributed by atoms with Crippen molar-refractivity contribution in [1.29, 1.82) is 0 Å². The molecule has 3 nitrogen and oxygen atoms in total. The number of aryl methyl sites for hydroxylation is 1. The Labute approximate surface area is 123 Å². The number of nitrogens with one attached hydrogen (secondary N) is 1. The maximum absolute atomic E-state index is 14.0. The van der Waals surface area contributed by atoms with E-state index in [0.717, 1.165) is 49.4 Å². The number of fused-ring (bicyclic) bond motifs is 2. The van der Waals surface area contributed by atoms with E-state index in [0.29, 0.717) is 11.1 Å². The number of hydrazine groups is 1. The summed E-state index contributed by atoms with van der Waals surface area (Å²) in [7, 11) is 0. The van der Waals surface area contributed by atoms with Gasteiger partial charge in [-0.1, -0.05) is 6.42 Å². The van der Waals surface area contributed by atoms with Gasteiger partial charge in [0.2, 0.25) is 0 Å². The van der Waals surface area contributed by atoms with Crippen LogP contribution in [0.5, 0.6) is 0 Å². The van der Waals surface area contributed by atoms with Gasteiger partial charge in [0.05, 0.1) is 10.2 Å². The van der Waals surface area contributed by atoms with Crippen molar-refractivity contribution in [3.05, 3.63) is 33.4 Å². The number of anilines is 1. The lowest BCUT2D eigenvalue weighted by Crippen LogP contribution is -2.13. The SMILES string of the molecule is NNc1c2c(nc3c(F)cc(F)c(Br)c13)CCCCC2. The number of benzene rings is 1. The van der Waals surface area contributed by atoms with Crippen molar-refractivity contribution >= 4 is 32.5 Å². The molecule has 1 aromatic carbocycles. The van der Waals surface area contributed by atoms with E-state index < -0.39 is 11.6 Å². The van der Waals surface area contributed by atoms with Gasteiger partial charge >= 0.3 is 0 Å². The summed E-state index contributed by atoms with van der Waals surface area (Å²) in [5.41, 5.74) is 5.19. The molecule has 2 aromatic rings. The summed E-state index contributed by atoms with van der Waals surface area (Å²) in [4.78, 5) is 4.42. The largest absolute Gasteiger partial charge is 0.323 e. The van der Waals surface area contributed by atoms with Crippen molar-refractivity contribution in [2.45, 2.75) is 32.1 Å². The molecule has 6 heteroatoms. The number of nitrogens with zero attached hydrogens (tertiary/aromatic N) is 1. The molecule has 1 heterocycles. The van der Waals surface area contributed by atoms with Crippen LogP contribution in [0.15, 0.2) is 10.5 Å². The number of nitrogens with two attached hydrogens (primary N) is 1. The molecule has 3 N–H and O–H groups in total. The van der Waals surface area contributed by atoms with Crippen LogP contribution in [0.4, 0.5) is 14.5 Å². The quantitative estimate of drug-likeness (QED) is 0.358. The summed E-state index contributed by atoms with van der Waals surface area (Å²) >= 11 is 3.18. The van der Waals surface area contributed by atoms with Crippen LogP contribution in [0.2, 0.25) is 0 Å². The van der Waals surface area contributed by atoms with E-state index in [9.17, 15) is 8.78 Å². The van der Waals surface area contributed by atoms with Gasteiger partial charge in [0.1, 0.15) is 11.3 Å². The molecule has 0 fully saturated rings. The third kappa shape index (κ3) is 2.07. The van der Waals surface area contributed by atoms with Gasteiger partial charge in [-0.3, -0.25) is 5.84 Å². The van der Waals surface area contributed by atoms with E-state index in [2.05, 4.69) is 26.3 Å². The van der Waals surface area contributed by atoms with E-state index in [1.165, 1.54) is 0 Å². The topological polar surface area (TPSA) is 50.9 Å². The number of rotatable bonds is 1. The van der Waals surface area contributed by atoms with Gasteiger partial charge in [0.15, 0.2) is 5.82 Å². The average Bonchev–Trinajstić information content (AvgIpc) is 2.67. The van der Waals surface area contributed by atoms with Gasteiger partial charge < -0.3 is 5.43 Å². The molecule has 1 aliphatic rings. The normalized spacial score (nSPS) is 15.0. The Morgan fingerprint density at radius 1 is 1.15 bits per heavy atom. The monoisotopic (exact) mass is 341 g/mol. The minimum atomic E-state index is -0.663. The highest BCUT2D eigenvalue weighted by Crippen LogP contribution is 2.38. The van der Waals surface area contributed by atoms with Crippen LogP contribution in [0.25, 0.3) is 10.9 Å². The van der Waals surface area contributed by atoms with Crippen LogP contribution >= 0.6 is 15.9 Å². The Hall–Kier alpha value is -1.27. The van der Waals surface area contributed by atoms with Crippen molar-refractivity contribution in [2.75, 3.05) is 5.43 Å². The number of hydrogen-bond acceptors (Lipinski definition) is 3. The third-order valence-corrected chi connectivity index (χ3v) is 4.55. The Kier molecular flexibility index (Phi) is 3.60. The summed E-state index contributed by atoms with van der Waals surface area (Å²) in [5, 5.41) is 0.380. The Morgan fingerprint density at radius 3 is 2.65 bits per heavy atom. The second-order valence-corrected chi connectivity index (χ2v) is 5.79. The van der Waals surface area contributed by atoms with Crippen molar-refractivity contribution in [2.24, 2.45) is 5.84 Å². The van der Waals surface area contributed by atoms with Crippen LogP contribution in [0, 0.1) is 11.6 Å². The van der Waals surface area contributed by atoms with E-state index in [-0.39, 0.29) is 9.99 Å². The predicted octanol–water partition coefficient (Wildman–Crippen LogP) is 3.83. The second kappa shape index (κ2) is 5.26. The van der Waals surface area contributed by atoms with Crippen LogP contribution in [-0.2, 0) is 12.8 Å². The average molecular weight is 342 g/mol. The molecular weight excluding hydrogens is 328 g/mol. The van der Waals surface area contributed by atoms with E-state index in [1.54, 1.807) is 0 Å². The fourth-order valence-corrected chi connectivity index (χ4v) is 3.33. The number of pyridine rings is 1.